The summed E-state index contributed by atoms with van der Waals surface area (Å²) in [5.74, 6) is -0.941. The lowest BCUT2D eigenvalue weighted by molar-refractivity contribution is -0.161. The molecule has 2 atom stereocenters. The van der Waals surface area contributed by atoms with E-state index in [1.54, 1.807) is 66.6 Å². The number of aromatic carboxylic acids is 1. The fourth-order valence-corrected chi connectivity index (χ4v) is 6.61. The fourth-order valence-electron chi connectivity index (χ4n) is 6.61. The third-order valence-corrected chi connectivity index (χ3v) is 8.94. The third-order valence-electron chi connectivity index (χ3n) is 8.94. The Hall–Kier alpha value is -6.57. The van der Waals surface area contributed by atoms with Gasteiger partial charge in [-0.25, -0.2) is 39.1 Å². The van der Waals surface area contributed by atoms with Crippen LogP contribution in [0.4, 0.5) is 57.4 Å². The van der Waals surface area contributed by atoms with E-state index in [0.717, 1.165) is 25.2 Å². The van der Waals surface area contributed by atoms with Gasteiger partial charge in [0.2, 0.25) is 0 Å². The van der Waals surface area contributed by atoms with Gasteiger partial charge in [0.05, 0.1) is 23.5 Å². The molecule has 8 rings (SSSR count). The number of urea groups is 2. The van der Waals surface area contributed by atoms with Gasteiger partial charge in [0.25, 0.3) is 0 Å². The lowest BCUT2D eigenvalue weighted by Crippen LogP contribution is -2.48. The molecule has 20 heteroatoms. The molecule has 8 heterocycles. The minimum atomic E-state index is -4.64. The van der Waals surface area contributed by atoms with E-state index < -0.39 is 30.8 Å². The minimum absolute atomic E-state index is 0.0299. The number of amides is 4. The first-order valence-corrected chi connectivity index (χ1v) is 17.5. The molecule has 0 spiro atoms. The molecule has 2 saturated heterocycles. The number of alkyl halides is 3. The maximum absolute atomic E-state index is 12.9. The van der Waals surface area contributed by atoms with Gasteiger partial charge in [-0.1, -0.05) is 12.1 Å². The van der Waals surface area contributed by atoms with E-state index in [1.807, 2.05) is 4.90 Å². The minimum Gasteiger partial charge on any atom is -0.477 e. The molecule has 0 radical (unpaired) electrons. The van der Waals surface area contributed by atoms with Crippen LogP contribution in [0.25, 0.3) is 0 Å². The van der Waals surface area contributed by atoms with Crippen molar-refractivity contribution in [3.05, 3.63) is 84.4 Å². The average molecular weight is 779 g/mol. The zero-order valence-corrected chi connectivity index (χ0v) is 29.9. The van der Waals surface area contributed by atoms with E-state index in [0.29, 0.717) is 42.7 Å². The Balaban J connectivity index is 0.000000180. The lowest BCUT2D eigenvalue weighted by atomic mass is 10.2. The van der Waals surface area contributed by atoms with Gasteiger partial charge in [0.15, 0.2) is 29.6 Å². The smallest absolute Gasteiger partial charge is 0.422 e. The number of nitrogens with one attached hydrogen (secondary N) is 2. The maximum atomic E-state index is 12.9. The van der Waals surface area contributed by atoms with Gasteiger partial charge in [0.1, 0.15) is 11.6 Å². The van der Waals surface area contributed by atoms with Crippen molar-refractivity contribution in [3.8, 4) is 0 Å². The number of anilines is 6. The predicted molar refractivity (Wildman–Crippen MR) is 197 cm³/mol. The van der Waals surface area contributed by atoms with Crippen LogP contribution in [-0.4, -0.2) is 112 Å². The molecule has 4 bridgehead atoms. The molecule has 0 aliphatic carbocycles. The molecule has 0 aromatic carbocycles. The van der Waals surface area contributed by atoms with E-state index in [9.17, 15) is 37.5 Å². The SMILES string of the molecule is CCO.O=C(O)c1ccc2c(n1)N(C(=O)Nc1ccccn1)[C@H]1CCN2C1.O=C(OCC(F)(F)F)c1ccc2c(n1)N(C(=O)Nc1ccccn1)[C@H]1CCN2C1. The Morgan fingerprint density at radius 1 is 0.768 bits per heavy atom. The van der Waals surface area contributed by atoms with E-state index in [4.69, 9.17) is 5.11 Å². The molecule has 4 aliphatic heterocycles. The number of carbonyl (C=O) groups is 4. The number of aromatic nitrogens is 4. The second kappa shape index (κ2) is 16.8. The van der Waals surface area contributed by atoms with E-state index in [-0.39, 0.29) is 41.9 Å². The molecule has 0 unspecified atom stereocenters. The number of aliphatic hydroxyl groups excluding tert-OH is 1. The summed E-state index contributed by atoms with van der Waals surface area (Å²) in [5.41, 5.74) is 1.03. The molecule has 4 aliphatic rings. The van der Waals surface area contributed by atoms with Gasteiger partial charge in [0, 0.05) is 45.2 Å². The van der Waals surface area contributed by atoms with Gasteiger partial charge in [-0.3, -0.25) is 20.4 Å². The Morgan fingerprint density at radius 3 is 1.66 bits per heavy atom. The Bertz CT molecular complexity index is 2060. The molecule has 294 valence electrons. The first-order chi connectivity index (χ1) is 26.9. The Morgan fingerprint density at radius 2 is 1.23 bits per heavy atom. The number of fused-ring (bicyclic) bond motifs is 8. The molecule has 4 N–H and O–H groups in total. The molecule has 56 heavy (non-hydrogen) atoms. The average Bonchev–Trinajstić information content (AvgIpc) is 3.80. The van der Waals surface area contributed by atoms with Crippen molar-refractivity contribution >= 4 is 58.6 Å². The third kappa shape index (κ3) is 8.86. The lowest BCUT2D eigenvalue weighted by Gasteiger charge is -2.35. The van der Waals surface area contributed by atoms with E-state index in [2.05, 4.69) is 40.2 Å². The Kier molecular flexibility index (Phi) is 11.8. The number of aliphatic hydroxyl groups is 1. The zero-order chi connectivity index (χ0) is 40.0. The monoisotopic (exact) mass is 778 g/mol. The van der Waals surface area contributed by atoms with Gasteiger partial charge in [-0.05, 0) is 68.3 Å². The number of hydrogen-bond acceptors (Lipinski definition) is 12. The highest BCUT2D eigenvalue weighted by Crippen LogP contribution is 2.40. The number of halogens is 3. The van der Waals surface area contributed by atoms with E-state index >= 15 is 0 Å². The quantitative estimate of drug-likeness (QED) is 0.204. The van der Waals surface area contributed by atoms with Crippen LogP contribution in [0, 0.1) is 0 Å². The van der Waals surface area contributed by atoms with Gasteiger partial charge in [-0.2, -0.15) is 13.2 Å². The van der Waals surface area contributed by atoms with Gasteiger partial charge in [-0.15, -0.1) is 0 Å². The molecule has 17 nitrogen and oxygen atoms in total. The molecule has 4 aromatic heterocycles. The summed E-state index contributed by atoms with van der Waals surface area (Å²) in [6.07, 6.45) is -0.000528. The second-order valence-corrected chi connectivity index (χ2v) is 12.7. The number of carboxylic acid groups (broad SMARTS) is 1. The predicted octanol–water partition coefficient (Wildman–Crippen LogP) is 4.63. The van der Waals surface area contributed by atoms with E-state index in [1.165, 1.54) is 23.2 Å². The van der Waals surface area contributed by atoms with Crippen molar-refractivity contribution in [3.63, 3.8) is 0 Å². The maximum Gasteiger partial charge on any atom is 0.422 e. The number of carbonyl (C=O) groups excluding carboxylic acids is 3. The number of esters is 1. The highest BCUT2D eigenvalue weighted by Gasteiger charge is 2.42. The summed E-state index contributed by atoms with van der Waals surface area (Å²) >= 11 is 0. The standard InChI is InChI=1S/C18H16F3N5O3.C16H15N5O3.C2H6O/c19-18(20,21)10-29-16(27)12-4-5-13-15(23-12)26(11-6-8-25(13)9-11)17(28)24-14-3-1-2-7-22-14;22-15(23)11-4-5-12-14(18-11)21(10-6-8-20(12)9-10)16(24)19-13-3-1-2-7-17-13;1-2-3/h1-5,7,11H,6,8-10H2,(H,22,24,28);1-5,7,10H,6,8-9H2,(H,22,23)(H,17,19,24);3H,2H2,1H3/t11-;10-;/m00./s1. The number of pyridine rings is 4. The summed E-state index contributed by atoms with van der Waals surface area (Å²) in [5, 5.41) is 22.2. The van der Waals surface area contributed by atoms with Crippen molar-refractivity contribution in [2.75, 3.05) is 69.6 Å². The number of ether oxygens (including phenoxy) is 1. The normalized spacial score (nSPS) is 17.3. The number of nitrogens with zero attached hydrogens (tertiary/aromatic N) is 8. The topological polar surface area (TPSA) is 207 Å². The molecule has 2 fully saturated rings. The van der Waals surface area contributed by atoms with Crippen molar-refractivity contribution in [1.29, 1.82) is 0 Å². The summed E-state index contributed by atoms with van der Waals surface area (Å²) < 4.78 is 41.2. The number of hydrogen-bond donors (Lipinski definition) is 4. The van der Waals surface area contributed by atoms with Crippen LogP contribution in [-0.2, 0) is 4.74 Å². The largest absolute Gasteiger partial charge is 0.477 e. The number of carboxylic acids is 1. The van der Waals surface area contributed by atoms with Gasteiger partial charge < -0.3 is 24.7 Å². The zero-order valence-electron chi connectivity index (χ0n) is 29.9. The molecule has 4 aromatic rings. The Labute approximate surface area is 317 Å². The van der Waals surface area contributed by atoms with Crippen LogP contribution in [0.2, 0.25) is 0 Å². The molecular formula is C36H37F3N10O7. The first-order valence-electron chi connectivity index (χ1n) is 17.5. The van der Waals surface area contributed by atoms with Crippen molar-refractivity contribution in [2.24, 2.45) is 0 Å². The molecule has 0 saturated carbocycles. The van der Waals surface area contributed by atoms with Crippen LogP contribution in [0.15, 0.2) is 73.1 Å². The fraction of sp³-hybridized carbons (Fsp3) is 0.333. The van der Waals surface area contributed by atoms with Crippen LogP contribution < -0.4 is 30.2 Å². The highest BCUT2D eigenvalue weighted by atomic mass is 19.4. The number of rotatable bonds is 5. The van der Waals surface area contributed by atoms with Crippen molar-refractivity contribution in [2.45, 2.75) is 38.0 Å². The summed E-state index contributed by atoms with van der Waals surface area (Å²) in [6.45, 7) is 3.06. The van der Waals surface area contributed by atoms with Crippen LogP contribution in [0.1, 0.15) is 40.7 Å². The molecule has 4 amide bonds. The first kappa shape index (κ1) is 39.1. The van der Waals surface area contributed by atoms with Crippen LogP contribution >= 0.6 is 0 Å². The van der Waals surface area contributed by atoms with Crippen molar-refractivity contribution in [1.82, 2.24) is 19.9 Å². The second-order valence-electron chi connectivity index (χ2n) is 12.7. The highest BCUT2D eigenvalue weighted by molar-refractivity contribution is 6.05. The van der Waals surface area contributed by atoms with Crippen molar-refractivity contribution < 1.29 is 47.3 Å². The van der Waals surface area contributed by atoms with Gasteiger partial charge >= 0.3 is 30.2 Å². The van der Waals surface area contributed by atoms with Crippen LogP contribution in [0.3, 0.4) is 0 Å². The summed E-state index contributed by atoms with van der Waals surface area (Å²) in [7, 11) is 0. The molecular weight excluding hydrogens is 741 g/mol. The summed E-state index contributed by atoms with van der Waals surface area (Å²) in [6, 6.07) is 15.3. The summed E-state index contributed by atoms with van der Waals surface area (Å²) in [4.78, 5) is 72.5. The van der Waals surface area contributed by atoms with Crippen LogP contribution in [0.5, 0.6) is 0 Å².